The van der Waals surface area contributed by atoms with Crippen LogP contribution in [0.4, 0.5) is 0 Å². The summed E-state index contributed by atoms with van der Waals surface area (Å²) < 4.78 is 2.14. The van der Waals surface area contributed by atoms with Gasteiger partial charge < -0.3 is 9.88 Å². The van der Waals surface area contributed by atoms with E-state index in [0.717, 1.165) is 36.6 Å². The highest BCUT2D eigenvalue weighted by atomic mass is 16.1. The van der Waals surface area contributed by atoms with E-state index in [-0.39, 0.29) is 11.9 Å². The molecule has 0 radical (unpaired) electrons. The van der Waals surface area contributed by atoms with Crippen LogP contribution in [-0.2, 0) is 13.0 Å². The largest absolute Gasteiger partial charge is 0.347 e. The summed E-state index contributed by atoms with van der Waals surface area (Å²) >= 11 is 0. The molecule has 0 saturated heterocycles. The molecule has 1 aliphatic heterocycles. The summed E-state index contributed by atoms with van der Waals surface area (Å²) in [4.78, 5) is 20.8. The fourth-order valence-corrected chi connectivity index (χ4v) is 2.57. The maximum absolute atomic E-state index is 12.2. The van der Waals surface area contributed by atoms with Crippen molar-refractivity contribution in [1.29, 1.82) is 0 Å². The predicted octanol–water partition coefficient (Wildman–Crippen LogP) is 1.64. The number of amides is 1. The maximum atomic E-state index is 12.2. The van der Waals surface area contributed by atoms with E-state index in [0.29, 0.717) is 5.56 Å². The van der Waals surface area contributed by atoms with E-state index in [4.69, 9.17) is 0 Å². The van der Waals surface area contributed by atoms with Crippen molar-refractivity contribution in [2.24, 2.45) is 0 Å². The third-order valence-electron chi connectivity index (χ3n) is 3.62. The number of carbonyl (C=O) groups is 1. The third kappa shape index (κ3) is 2.57. The Balaban J connectivity index is 1.67. The summed E-state index contributed by atoms with van der Waals surface area (Å²) in [6.45, 7) is 4.70. The second-order valence-corrected chi connectivity index (χ2v) is 5.35. The van der Waals surface area contributed by atoms with Gasteiger partial charge in [-0.3, -0.25) is 9.78 Å². The summed E-state index contributed by atoms with van der Waals surface area (Å²) in [5, 5.41) is 3.08. The van der Waals surface area contributed by atoms with Crippen LogP contribution in [0, 0.1) is 13.8 Å². The van der Waals surface area contributed by atoms with E-state index in [2.05, 4.69) is 19.9 Å². The first-order valence-corrected chi connectivity index (χ1v) is 6.88. The van der Waals surface area contributed by atoms with Gasteiger partial charge in [-0.15, -0.1) is 0 Å². The van der Waals surface area contributed by atoms with Gasteiger partial charge in [0.15, 0.2) is 0 Å². The average Bonchev–Trinajstić information content (AvgIpc) is 2.78. The number of nitrogens with one attached hydrogen (secondary N) is 1. The molecule has 20 heavy (non-hydrogen) atoms. The van der Waals surface area contributed by atoms with Gasteiger partial charge in [-0.05, 0) is 32.4 Å². The number of aryl methyl sites for hydroxylation is 3. The van der Waals surface area contributed by atoms with E-state index in [1.807, 2.05) is 32.2 Å². The smallest absolute Gasteiger partial charge is 0.253 e. The van der Waals surface area contributed by atoms with Gasteiger partial charge in [0.2, 0.25) is 0 Å². The summed E-state index contributed by atoms with van der Waals surface area (Å²) in [7, 11) is 0. The van der Waals surface area contributed by atoms with Gasteiger partial charge in [-0.2, -0.15) is 0 Å². The minimum atomic E-state index is -0.0530. The third-order valence-corrected chi connectivity index (χ3v) is 3.62. The first-order chi connectivity index (χ1) is 9.61. The molecule has 0 aliphatic carbocycles. The van der Waals surface area contributed by atoms with Crippen molar-refractivity contribution >= 4 is 5.91 Å². The highest BCUT2D eigenvalue weighted by molar-refractivity contribution is 5.94. The first kappa shape index (κ1) is 12.8. The number of pyridine rings is 1. The average molecular weight is 270 g/mol. The van der Waals surface area contributed by atoms with E-state index in [1.54, 1.807) is 6.20 Å². The molecule has 104 valence electrons. The SMILES string of the molecule is Cc1ccc(C(=O)N[C@H]2CCc3nc(C)cn3C2)cn1. The Morgan fingerprint density at radius 2 is 2.20 bits per heavy atom. The number of hydrogen-bond donors (Lipinski definition) is 1. The van der Waals surface area contributed by atoms with Crippen LogP contribution in [0.3, 0.4) is 0 Å². The summed E-state index contributed by atoms with van der Waals surface area (Å²) in [5.74, 6) is 1.06. The molecule has 5 nitrogen and oxygen atoms in total. The molecule has 1 atom stereocenters. The Hall–Kier alpha value is -2.17. The van der Waals surface area contributed by atoms with Crippen molar-refractivity contribution < 1.29 is 4.79 Å². The topological polar surface area (TPSA) is 59.8 Å². The van der Waals surface area contributed by atoms with E-state index >= 15 is 0 Å². The minimum Gasteiger partial charge on any atom is -0.347 e. The van der Waals surface area contributed by atoms with Gasteiger partial charge in [0.05, 0.1) is 11.3 Å². The van der Waals surface area contributed by atoms with Crippen LogP contribution in [0.15, 0.2) is 24.5 Å². The molecule has 0 bridgehead atoms. The van der Waals surface area contributed by atoms with E-state index < -0.39 is 0 Å². The lowest BCUT2D eigenvalue weighted by molar-refractivity contribution is 0.0927. The molecule has 2 aromatic heterocycles. The number of aromatic nitrogens is 3. The molecule has 3 heterocycles. The highest BCUT2D eigenvalue weighted by Crippen LogP contribution is 2.15. The Morgan fingerprint density at radius 3 is 2.95 bits per heavy atom. The van der Waals surface area contributed by atoms with Gasteiger partial charge in [-0.25, -0.2) is 4.98 Å². The zero-order valence-corrected chi connectivity index (χ0v) is 11.8. The molecule has 2 aromatic rings. The molecule has 1 amide bonds. The normalized spacial score (nSPS) is 17.6. The number of nitrogens with zero attached hydrogens (tertiary/aromatic N) is 3. The summed E-state index contributed by atoms with van der Waals surface area (Å²) in [6, 6.07) is 3.82. The number of imidazole rings is 1. The maximum Gasteiger partial charge on any atom is 0.253 e. The van der Waals surface area contributed by atoms with E-state index in [9.17, 15) is 4.79 Å². The van der Waals surface area contributed by atoms with Crippen LogP contribution in [0.5, 0.6) is 0 Å². The molecule has 1 aliphatic rings. The zero-order valence-electron chi connectivity index (χ0n) is 11.8. The van der Waals surface area contributed by atoms with Crippen LogP contribution in [0.2, 0.25) is 0 Å². The Kier molecular flexibility index (Phi) is 3.26. The molecular weight excluding hydrogens is 252 g/mol. The van der Waals surface area contributed by atoms with Crippen molar-refractivity contribution in [3.63, 3.8) is 0 Å². The second-order valence-electron chi connectivity index (χ2n) is 5.35. The number of fused-ring (bicyclic) bond motifs is 1. The lowest BCUT2D eigenvalue weighted by Crippen LogP contribution is -2.40. The van der Waals surface area contributed by atoms with Crippen molar-refractivity contribution in [2.75, 3.05) is 0 Å². The molecule has 0 saturated carbocycles. The van der Waals surface area contributed by atoms with Crippen molar-refractivity contribution in [3.05, 3.63) is 47.3 Å². The van der Waals surface area contributed by atoms with Gasteiger partial charge in [0.25, 0.3) is 5.91 Å². The van der Waals surface area contributed by atoms with Crippen LogP contribution in [-0.4, -0.2) is 26.5 Å². The van der Waals surface area contributed by atoms with Crippen molar-refractivity contribution in [2.45, 2.75) is 39.3 Å². The lowest BCUT2D eigenvalue weighted by Gasteiger charge is -2.24. The number of rotatable bonds is 2. The van der Waals surface area contributed by atoms with Crippen LogP contribution >= 0.6 is 0 Å². The van der Waals surface area contributed by atoms with Gasteiger partial charge in [0, 0.05) is 37.1 Å². The molecule has 5 heteroatoms. The fourth-order valence-electron chi connectivity index (χ4n) is 2.57. The summed E-state index contributed by atoms with van der Waals surface area (Å²) in [5.41, 5.74) is 2.57. The number of hydrogen-bond acceptors (Lipinski definition) is 3. The Bertz CT molecular complexity index is 630. The molecule has 0 spiro atoms. The van der Waals surface area contributed by atoms with Crippen molar-refractivity contribution in [1.82, 2.24) is 19.9 Å². The Morgan fingerprint density at radius 1 is 1.35 bits per heavy atom. The quantitative estimate of drug-likeness (QED) is 0.902. The lowest BCUT2D eigenvalue weighted by atomic mass is 10.1. The van der Waals surface area contributed by atoms with Crippen LogP contribution in [0.1, 0.15) is 34.0 Å². The fraction of sp³-hybridized carbons (Fsp3) is 0.400. The van der Waals surface area contributed by atoms with Crippen LogP contribution < -0.4 is 5.32 Å². The molecule has 1 N–H and O–H groups in total. The van der Waals surface area contributed by atoms with E-state index in [1.165, 1.54) is 0 Å². The molecule has 3 rings (SSSR count). The number of carbonyl (C=O) groups excluding carboxylic acids is 1. The second kappa shape index (κ2) is 5.07. The van der Waals surface area contributed by atoms with Gasteiger partial charge >= 0.3 is 0 Å². The highest BCUT2D eigenvalue weighted by Gasteiger charge is 2.21. The Labute approximate surface area is 118 Å². The monoisotopic (exact) mass is 270 g/mol. The molecule has 0 aromatic carbocycles. The van der Waals surface area contributed by atoms with Gasteiger partial charge in [0.1, 0.15) is 5.82 Å². The van der Waals surface area contributed by atoms with Gasteiger partial charge in [-0.1, -0.05) is 0 Å². The molecule has 0 unspecified atom stereocenters. The summed E-state index contributed by atoms with van der Waals surface area (Å²) in [6.07, 6.45) is 5.51. The molecular formula is C15H18N4O. The standard InChI is InChI=1S/C15H18N4O/c1-10-3-4-12(7-16-10)15(20)18-13-5-6-14-17-11(2)8-19(14)9-13/h3-4,7-8,13H,5-6,9H2,1-2H3,(H,18,20)/t13-/m0/s1. The first-order valence-electron chi connectivity index (χ1n) is 6.88. The predicted molar refractivity (Wildman–Crippen MR) is 75.5 cm³/mol. The molecule has 0 fully saturated rings. The minimum absolute atomic E-state index is 0.0530. The van der Waals surface area contributed by atoms with Crippen molar-refractivity contribution in [3.8, 4) is 0 Å². The van der Waals surface area contributed by atoms with Crippen LogP contribution in [0.25, 0.3) is 0 Å². The zero-order chi connectivity index (χ0) is 14.1.